The van der Waals surface area contributed by atoms with Crippen LogP contribution in [0.1, 0.15) is 19.0 Å². The highest BCUT2D eigenvalue weighted by Crippen LogP contribution is 2.48. The summed E-state index contributed by atoms with van der Waals surface area (Å²) in [4.78, 5) is 0. The van der Waals surface area contributed by atoms with Crippen LogP contribution in [0.25, 0.3) is 0 Å². The van der Waals surface area contributed by atoms with Crippen molar-refractivity contribution < 1.29 is 0 Å². The fourth-order valence-electron chi connectivity index (χ4n) is 1.47. The molecule has 3 heteroatoms. The SMILES string of the molecule is CC1CC1(N)c1ccn(C)n1. The Bertz CT molecular complexity index is 279. The number of aromatic nitrogens is 2. The molecule has 0 spiro atoms. The molecule has 0 aromatic carbocycles. The van der Waals surface area contributed by atoms with Crippen molar-refractivity contribution in [1.82, 2.24) is 9.78 Å². The van der Waals surface area contributed by atoms with Crippen LogP contribution in [0.4, 0.5) is 0 Å². The van der Waals surface area contributed by atoms with Crippen LogP contribution in [-0.2, 0) is 12.6 Å². The molecule has 1 aliphatic rings. The lowest BCUT2D eigenvalue weighted by Crippen LogP contribution is -2.22. The molecule has 2 unspecified atom stereocenters. The number of nitrogens with zero attached hydrogens (tertiary/aromatic N) is 2. The van der Waals surface area contributed by atoms with E-state index >= 15 is 0 Å². The number of hydrogen-bond donors (Lipinski definition) is 1. The lowest BCUT2D eigenvalue weighted by molar-refractivity contribution is 0.615. The average molecular weight is 151 g/mol. The van der Waals surface area contributed by atoms with Gasteiger partial charge in [-0.2, -0.15) is 5.10 Å². The van der Waals surface area contributed by atoms with E-state index in [4.69, 9.17) is 5.73 Å². The van der Waals surface area contributed by atoms with Gasteiger partial charge in [0.2, 0.25) is 0 Å². The Morgan fingerprint density at radius 1 is 1.82 bits per heavy atom. The van der Waals surface area contributed by atoms with Crippen LogP contribution in [0, 0.1) is 5.92 Å². The highest BCUT2D eigenvalue weighted by molar-refractivity contribution is 5.23. The molecule has 1 fully saturated rings. The van der Waals surface area contributed by atoms with Crippen LogP contribution < -0.4 is 5.73 Å². The van der Waals surface area contributed by atoms with E-state index in [9.17, 15) is 0 Å². The zero-order valence-electron chi connectivity index (χ0n) is 6.91. The first-order valence-electron chi connectivity index (χ1n) is 3.92. The van der Waals surface area contributed by atoms with Crippen LogP contribution in [-0.4, -0.2) is 9.78 Å². The maximum absolute atomic E-state index is 6.05. The Hall–Kier alpha value is -0.830. The highest BCUT2D eigenvalue weighted by atomic mass is 15.3. The topological polar surface area (TPSA) is 43.8 Å². The molecular formula is C8H13N3. The van der Waals surface area contributed by atoms with Gasteiger partial charge < -0.3 is 5.73 Å². The van der Waals surface area contributed by atoms with E-state index in [1.54, 1.807) is 4.68 Å². The van der Waals surface area contributed by atoms with Crippen LogP contribution in [0.3, 0.4) is 0 Å². The first kappa shape index (κ1) is 6.85. The van der Waals surface area contributed by atoms with Crippen molar-refractivity contribution in [2.75, 3.05) is 0 Å². The summed E-state index contributed by atoms with van der Waals surface area (Å²) in [6.45, 7) is 2.16. The quantitative estimate of drug-likeness (QED) is 0.639. The molecule has 60 valence electrons. The normalized spacial score (nSPS) is 35.7. The second-order valence-corrected chi connectivity index (χ2v) is 3.52. The summed E-state index contributed by atoms with van der Waals surface area (Å²) in [5, 5.41) is 4.29. The fourth-order valence-corrected chi connectivity index (χ4v) is 1.47. The molecule has 0 aliphatic heterocycles. The van der Waals surface area contributed by atoms with Crippen molar-refractivity contribution in [3.8, 4) is 0 Å². The minimum atomic E-state index is -0.110. The molecule has 0 radical (unpaired) electrons. The first-order valence-corrected chi connectivity index (χ1v) is 3.92. The van der Waals surface area contributed by atoms with Gasteiger partial charge in [0, 0.05) is 13.2 Å². The van der Waals surface area contributed by atoms with Gasteiger partial charge in [0.05, 0.1) is 11.2 Å². The lowest BCUT2D eigenvalue weighted by atomic mass is 10.1. The van der Waals surface area contributed by atoms with Gasteiger partial charge in [-0.25, -0.2) is 0 Å². The molecule has 11 heavy (non-hydrogen) atoms. The zero-order chi connectivity index (χ0) is 8.06. The molecule has 2 rings (SSSR count). The van der Waals surface area contributed by atoms with Crippen molar-refractivity contribution >= 4 is 0 Å². The van der Waals surface area contributed by atoms with Gasteiger partial charge in [-0.1, -0.05) is 6.92 Å². The predicted molar refractivity (Wildman–Crippen MR) is 42.9 cm³/mol. The summed E-state index contributed by atoms with van der Waals surface area (Å²) in [5.41, 5.74) is 6.97. The molecule has 0 amide bonds. The first-order chi connectivity index (χ1) is 5.13. The Morgan fingerprint density at radius 3 is 2.82 bits per heavy atom. The van der Waals surface area contributed by atoms with Crippen molar-refractivity contribution in [2.24, 2.45) is 18.7 Å². The van der Waals surface area contributed by atoms with Crippen molar-refractivity contribution in [2.45, 2.75) is 18.9 Å². The molecule has 1 aliphatic carbocycles. The maximum Gasteiger partial charge on any atom is 0.0825 e. The van der Waals surface area contributed by atoms with Gasteiger partial charge in [-0.05, 0) is 18.4 Å². The molecule has 0 bridgehead atoms. The summed E-state index contributed by atoms with van der Waals surface area (Å²) in [6.07, 6.45) is 3.01. The second kappa shape index (κ2) is 1.85. The van der Waals surface area contributed by atoms with E-state index in [2.05, 4.69) is 12.0 Å². The van der Waals surface area contributed by atoms with Crippen LogP contribution >= 0.6 is 0 Å². The van der Waals surface area contributed by atoms with E-state index in [0.717, 1.165) is 12.1 Å². The van der Waals surface area contributed by atoms with E-state index in [-0.39, 0.29) is 5.54 Å². The molecule has 1 aromatic rings. The van der Waals surface area contributed by atoms with E-state index in [0.29, 0.717) is 5.92 Å². The monoisotopic (exact) mass is 151 g/mol. The van der Waals surface area contributed by atoms with Crippen molar-refractivity contribution in [3.63, 3.8) is 0 Å². The fraction of sp³-hybridized carbons (Fsp3) is 0.625. The lowest BCUT2D eigenvalue weighted by Gasteiger charge is -2.04. The third-order valence-corrected chi connectivity index (χ3v) is 2.55. The molecule has 2 N–H and O–H groups in total. The Kier molecular flexibility index (Phi) is 1.16. The summed E-state index contributed by atoms with van der Waals surface area (Å²) in [7, 11) is 1.92. The summed E-state index contributed by atoms with van der Waals surface area (Å²) in [6, 6.07) is 2.00. The van der Waals surface area contributed by atoms with E-state index < -0.39 is 0 Å². The van der Waals surface area contributed by atoms with Crippen molar-refractivity contribution in [1.29, 1.82) is 0 Å². The number of nitrogens with two attached hydrogens (primary N) is 1. The zero-order valence-corrected chi connectivity index (χ0v) is 6.91. The third kappa shape index (κ3) is 0.878. The maximum atomic E-state index is 6.05. The standard InChI is InChI=1S/C8H13N3/c1-6-5-8(6,9)7-3-4-11(2)10-7/h3-4,6H,5,9H2,1-2H3. The van der Waals surface area contributed by atoms with Crippen LogP contribution in [0.5, 0.6) is 0 Å². The molecular weight excluding hydrogens is 138 g/mol. The smallest absolute Gasteiger partial charge is 0.0825 e. The van der Waals surface area contributed by atoms with Gasteiger partial charge in [-0.3, -0.25) is 4.68 Å². The summed E-state index contributed by atoms with van der Waals surface area (Å²) >= 11 is 0. The van der Waals surface area contributed by atoms with Gasteiger partial charge in [0.25, 0.3) is 0 Å². The minimum absolute atomic E-state index is 0.110. The molecule has 2 atom stereocenters. The Labute approximate surface area is 66.2 Å². The Morgan fingerprint density at radius 2 is 2.45 bits per heavy atom. The minimum Gasteiger partial charge on any atom is -0.320 e. The summed E-state index contributed by atoms with van der Waals surface area (Å²) < 4.78 is 1.80. The predicted octanol–water partition coefficient (Wildman–Crippen LogP) is 0.614. The largest absolute Gasteiger partial charge is 0.320 e. The molecule has 1 aromatic heterocycles. The molecule has 0 saturated heterocycles. The van der Waals surface area contributed by atoms with E-state index in [1.165, 1.54) is 0 Å². The number of aryl methyl sites for hydroxylation is 1. The highest BCUT2D eigenvalue weighted by Gasteiger charge is 2.50. The van der Waals surface area contributed by atoms with Crippen LogP contribution in [0.2, 0.25) is 0 Å². The molecule has 1 saturated carbocycles. The third-order valence-electron chi connectivity index (χ3n) is 2.55. The molecule has 3 nitrogen and oxygen atoms in total. The van der Waals surface area contributed by atoms with Gasteiger partial charge in [-0.15, -0.1) is 0 Å². The van der Waals surface area contributed by atoms with Gasteiger partial charge in [0.15, 0.2) is 0 Å². The number of rotatable bonds is 1. The van der Waals surface area contributed by atoms with Gasteiger partial charge >= 0.3 is 0 Å². The van der Waals surface area contributed by atoms with Crippen LogP contribution in [0.15, 0.2) is 12.3 Å². The Balaban J connectivity index is 2.31. The molecule has 1 heterocycles. The summed E-state index contributed by atoms with van der Waals surface area (Å²) in [5.74, 6) is 0.595. The van der Waals surface area contributed by atoms with E-state index in [1.807, 2.05) is 19.3 Å². The average Bonchev–Trinajstić information content (AvgIpc) is 2.44. The van der Waals surface area contributed by atoms with Gasteiger partial charge in [0.1, 0.15) is 0 Å². The van der Waals surface area contributed by atoms with Crippen molar-refractivity contribution in [3.05, 3.63) is 18.0 Å². The second-order valence-electron chi connectivity index (χ2n) is 3.52. The number of hydrogen-bond acceptors (Lipinski definition) is 2.